The Balaban J connectivity index is 1.45. The van der Waals surface area contributed by atoms with Crippen molar-refractivity contribution in [3.8, 4) is 0 Å². The van der Waals surface area contributed by atoms with Crippen LogP contribution >= 0.6 is 0 Å². The zero-order valence-electron chi connectivity index (χ0n) is 14.4. The van der Waals surface area contributed by atoms with Crippen molar-refractivity contribution < 1.29 is 4.52 Å². The molecule has 4 rings (SSSR count). The summed E-state index contributed by atoms with van der Waals surface area (Å²) in [5.74, 6) is 3.30. The standard InChI is InChI=1S/C18H22N6O/c1-12-20-16(23-25-12)9-13-5-4-8-24(10-13)11-17-21-15-7-3-2-6-14(15)18(19)22-17/h2-3,6-7,13H,4-5,8-11H2,1H3,(H2,19,21,22). The second kappa shape index (κ2) is 6.76. The van der Waals surface area contributed by atoms with Crippen LogP contribution in [-0.4, -0.2) is 38.1 Å². The molecule has 3 heterocycles. The number of hydrogen-bond acceptors (Lipinski definition) is 7. The van der Waals surface area contributed by atoms with Crippen molar-refractivity contribution in [2.75, 3.05) is 18.8 Å². The fraction of sp³-hybridized carbons (Fsp3) is 0.444. The Hall–Kier alpha value is -2.54. The predicted octanol–water partition coefficient (Wildman–Crippen LogP) is 2.36. The van der Waals surface area contributed by atoms with Gasteiger partial charge in [-0.3, -0.25) is 4.90 Å². The molecule has 2 N–H and O–H groups in total. The highest BCUT2D eigenvalue weighted by Gasteiger charge is 2.23. The number of anilines is 1. The van der Waals surface area contributed by atoms with Crippen molar-refractivity contribution in [1.82, 2.24) is 25.0 Å². The molecule has 0 bridgehead atoms. The van der Waals surface area contributed by atoms with Crippen LogP contribution in [0.25, 0.3) is 10.9 Å². The number of aromatic nitrogens is 4. The van der Waals surface area contributed by atoms with E-state index in [-0.39, 0.29) is 0 Å². The third-order valence-corrected chi connectivity index (χ3v) is 4.69. The molecule has 0 saturated carbocycles. The molecule has 2 aromatic heterocycles. The smallest absolute Gasteiger partial charge is 0.223 e. The number of piperidine rings is 1. The maximum absolute atomic E-state index is 6.10. The fourth-order valence-corrected chi connectivity index (χ4v) is 3.57. The van der Waals surface area contributed by atoms with E-state index in [0.29, 0.717) is 17.6 Å². The second-order valence-corrected chi connectivity index (χ2v) is 6.72. The molecule has 1 aliphatic heterocycles. The highest BCUT2D eigenvalue weighted by molar-refractivity contribution is 5.87. The van der Waals surface area contributed by atoms with Crippen molar-refractivity contribution >= 4 is 16.7 Å². The van der Waals surface area contributed by atoms with Crippen LogP contribution < -0.4 is 5.73 Å². The summed E-state index contributed by atoms with van der Waals surface area (Å²) in [6, 6.07) is 7.87. The number of nitrogens with two attached hydrogens (primary N) is 1. The van der Waals surface area contributed by atoms with Gasteiger partial charge in [-0.05, 0) is 37.4 Å². The van der Waals surface area contributed by atoms with Gasteiger partial charge in [0.2, 0.25) is 5.89 Å². The van der Waals surface area contributed by atoms with Gasteiger partial charge < -0.3 is 10.3 Å². The summed E-state index contributed by atoms with van der Waals surface area (Å²) >= 11 is 0. The quantitative estimate of drug-likeness (QED) is 0.780. The topological polar surface area (TPSA) is 94.0 Å². The summed E-state index contributed by atoms with van der Waals surface area (Å²) in [5.41, 5.74) is 7.00. The van der Waals surface area contributed by atoms with Gasteiger partial charge in [0.15, 0.2) is 5.82 Å². The lowest BCUT2D eigenvalue weighted by atomic mass is 9.94. The monoisotopic (exact) mass is 338 g/mol. The largest absolute Gasteiger partial charge is 0.383 e. The molecule has 25 heavy (non-hydrogen) atoms. The summed E-state index contributed by atoms with van der Waals surface area (Å²) in [6.07, 6.45) is 3.20. The molecule has 1 fully saturated rings. The van der Waals surface area contributed by atoms with Gasteiger partial charge in [0.05, 0.1) is 12.1 Å². The first-order chi connectivity index (χ1) is 12.2. The number of para-hydroxylation sites is 1. The molecule has 3 aromatic rings. The van der Waals surface area contributed by atoms with Crippen LogP contribution in [0.2, 0.25) is 0 Å². The molecule has 1 atom stereocenters. The Labute approximate surface area is 146 Å². The van der Waals surface area contributed by atoms with E-state index in [9.17, 15) is 0 Å². The summed E-state index contributed by atoms with van der Waals surface area (Å²) in [5, 5.41) is 4.93. The molecular formula is C18H22N6O. The van der Waals surface area contributed by atoms with Crippen molar-refractivity contribution in [3.63, 3.8) is 0 Å². The van der Waals surface area contributed by atoms with Crippen molar-refractivity contribution in [2.45, 2.75) is 32.7 Å². The average Bonchev–Trinajstić information content (AvgIpc) is 3.00. The van der Waals surface area contributed by atoms with Gasteiger partial charge >= 0.3 is 0 Å². The van der Waals surface area contributed by atoms with E-state index in [2.05, 4.69) is 25.0 Å². The number of likely N-dealkylation sites (tertiary alicyclic amines) is 1. The molecule has 130 valence electrons. The third kappa shape index (κ3) is 3.61. The zero-order valence-corrected chi connectivity index (χ0v) is 14.4. The second-order valence-electron chi connectivity index (χ2n) is 6.72. The molecule has 7 nitrogen and oxygen atoms in total. The van der Waals surface area contributed by atoms with E-state index in [0.717, 1.165) is 55.0 Å². The molecule has 0 aliphatic carbocycles. The van der Waals surface area contributed by atoms with Crippen LogP contribution in [0.1, 0.15) is 30.4 Å². The highest BCUT2D eigenvalue weighted by atomic mass is 16.5. The Morgan fingerprint density at radius 2 is 2.08 bits per heavy atom. The molecule has 0 amide bonds. The van der Waals surface area contributed by atoms with Crippen LogP contribution in [0.4, 0.5) is 5.82 Å². The number of nitrogen functional groups attached to an aromatic ring is 1. The first kappa shape index (κ1) is 16.0. The maximum Gasteiger partial charge on any atom is 0.223 e. The Morgan fingerprint density at radius 1 is 1.20 bits per heavy atom. The van der Waals surface area contributed by atoms with Crippen LogP contribution in [0.3, 0.4) is 0 Å². The third-order valence-electron chi connectivity index (χ3n) is 4.69. The van der Waals surface area contributed by atoms with Gasteiger partial charge in [-0.2, -0.15) is 4.98 Å². The van der Waals surface area contributed by atoms with Crippen LogP contribution in [0, 0.1) is 12.8 Å². The molecule has 7 heteroatoms. The summed E-state index contributed by atoms with van der Waals surface area (Å²) in [7, 11) is 0. The van der Waals surface area contributed by atoms with Gasteiger partial charge in [0, 0.05) is 25.3 Å². The van der Waals surface area contributed by atoms with Gasteiger partial charge in [-0.15, -0.1) is 0 Å². The van der Waals surface area contributed by atoms with Crippen molar-refractivity contribution in [1.29, 1.82) is 0 Å². The van der Waals surface area contributed by atoms with Gasteiger partial charge in [-0.25, -0.2) is 9.97 Å². The predicted molar refractivity (Wildman–Crippen MR) is 94.7 cm³/mol. The fourth-order valence-electron chi connectivity index (χ4n) is 3.57. The Morgan fingerprint density at radius 3 is 2.92 bits per heavy atom. The van der Waals surface area contributed by atoms with E-state index >= 15 is 0 Å². The average molecular weight is 338 g/mol. The summed E-state index contributed by atoms with van der Waals surface area (Å²) < 4.78 is 5.07. The highest BCUT2D eigenvalue weighted by Crippen LogP contribution is 2.22. The lowest BCUT2D eigenvalue weighted by Crippen LogP contribution is -2.36. The van der Waals surface area contributed by atoms with Crippen molar-refractivity contribution in [2.24, 2.45) is 5.92 Å². The number of hydrogen-bond donors (Lipinski definition) is 1. The van der Waals surface area contributed by atoms with E-state index < -0.39 is 0 Å². The van der Waals surface area contributed by atoms with Gasteiger partial charge in [0.25, 0.3) is 0 Å². The van der Waals surface area contributed by atoms with E-state index in [1.807, 2.05) is 31.2 Å². The SMILES string of the molecule is Cc1nc(CC2CCCN(Cc3nc(N)c4ccccc4n3)C2)no1. The molecule has 0 spiro atoms. The normalized spacial score (nSPS) is 18.7. The minimum absolute atomic E-state index is 0.531. The van der Waals surface area contributed by atoms with Crippen LogP contribution in [0.5, 0.6) is 0 Å². The van der Waals surface area contributed by atoms with E-state index in [1.54, 1.807) is 0 Å². The molecule has 1 aromatic carbocycles. The lowest BCUT2D eigenvalue weighted by molar-refractivity contribution is 0.162. The molecule has 1 unspecified atom stereocenters. The van der Waals surface area contributed by atoms with E-state index in [4.69, 9.17) is 10.3 Å². The first-order valence-electron chi connectivity index (χ1n) is 8.70. The van der Waals surface area contributed by atoms with E-state index in [1.165, 1.54) is 6.42 Å². The van der Waals surface area contributed by atoms with Gasteiger partial charge in [-0.1, -0.05) is 17.3 Å². The van der Waals surface area contributed by atoms with Crippen LogP contribution in [-0.2, 0) is 13.0 Å². The Kier molecular flexibility index (Phi) is 4.31. The minimum Gasteiger partial charge on any atom is -0.383 e. The molecule has 1 saturated heterocycles. The minimum atomic E-state index is 0.531. The summed E-state index contributed by atoms with van der Waals surface area (Å²) in [6.45, 7) is 4.59. The molecule has 1 aliphatic rings. The number of nitrogens with zero attached hydrogens (tertiary/aromatic N) is 5. The zero-order chi connectivity index (χ0) is 17.2. The number of aryl methyl sites for hydroxylation is 1. The number of fused-ring (bicyclic) bond motifs is 1. The maximum atomic E-state index is 6.10. The number of rotatable bonds is 4. The van der Waals surface area contributed by atoms with Gasteiger partial charge in [0.1, 0.15) is 11.6 Å². The molecular weight excluding hydrogens is 316 g/mol. The van der Waals surface area contributed by atoms with Crippen LogP contribution in [0.15, 0.2) is 28.8 Å². The molecule has 0 radical (unpaired) electrons. The Bertz CT molecular complexity index is 877. The number of benzene rings is 1. The lowest BCUT2D eigenvalue weighted by Gasteiger charge is -2.31. The first-order valence-corrected chi connectivity index (χ1v) is 8.70. The van der Waals surface area contributed by atoms with Crippen molar-refractivity contribution in [3.05, 3.63) is 41.8 Å². The summed E-state index contributed by atoms with van der Waals surface area (Å²) in [4.78, 5) is 15.9.